The molecular formula is C25H25N5O6. The van der Waals surface area contributed by atoms with Crippen molar-refractivity contribution in [2.45, 2.75) is 31.0 Å². The zero-order chi connectivity index (χ0) is 25.1. The minimum absolute atomic E-state index is 0.212. The fourth-order valence-corrected chi connectivity index (χ4v) is 4.14. The average molecular weight is 492 g/mol. The van der Waals surface area contributed by atoms with Crippen LogP contribution in [0.4, 0.5) is 5.82 Å². The maximum Gasteiger partial charge on any atom is 0.256 e. The molecule has 1 aliphatic rings. The molecule has 36 heavy (non-hydrogen) atoms. The smallest absolute Gasteiger partial charge is 0.256 e. The summed E-state index contributed by atoms with van der Waals surface area (Å²) >= 11 is 0. The van der Waals surface area contributed by atoms with Gasteiger partial charge in [-0.3, -0.25) is 4.79 Å². The summed E-state index contributed by atoms with van der Waals surface area (Å²) in [5, 5.41) is 27.9. The summed E-state index contributed by atoms with van der Waals surface area (Å²) < 4.78 is 18.5. The molecule has 4 atom stereocenters. The second-order valence-corrected chi connectivity index (χ2v) is 8.24. The number of hydrogen-bond donors (Lipinski definition) is 3. The molecular weight excluding hydrogens is 466 g/mol. The third-order valence-electron chi connectivity index (χ3n) is 6.01. The number of rotatable bonds is 8. The van der Waals surface area contributed by atoms with Gasteiger partial charge in [-0.1, -0.05) is 30.3 Å². The van der Waals surface area contributed by atoms with Gasteiger partial charge in [0.05, 0.1) is 32.2 Å². The Morgan fingerprint density at radius 3 is 2.64 bits per heavy atom. The first-order chi connectivity index (χ1) is 17.6. The largest absolute Gasteiger partial charge is 0.497 e. The summed E-state index contributed by atoms with van der Waals surface area (Å²) in [4.78, 5) is 21.1. The van der Waals surface area contributed by atoms with Crippen LogP contribution in [0, 0.1) is 0 Å². The molecule has 1 saturated heterocycles. The van der Waals surface area contributed by atoms with Gasteiger partial charge in [0, 0.05) is 5.56 Å². The van der Waals surface area contributed by atoms with E-state index < -0.39 is 24.4 Å². The van der Waals surface area contributed by atoms with Gasteiger partial charge in [0.15, 0.2) is 11.5 Å². The highest BCUT2D eigenvalue weighted by Gasteiger charge is 2.46. The van der Waals surface area contributed by atoms with Crippen molar-refractivity contribution in [2.75, 3.05) is 19.0 Å². The van der Waals surface area contributed by atoms with E-state index in [4.69, 9.17) is 14.2 Å². The molecule has 0 radical (unpaired) electrons. The summed E-state index contributed by atoms with van der Waals surface area (Å²) in [5.41, 5.74) is 2.07. The lowest BCUT2D eigenvalue weighted by molar-refractivity contribution is -0.0616. The summed E-state index contributed by atoms with van der Waals surface area (Å²) in [5.74, 6) is 0.596. The quantitative estimate of drug-likeness (QED) is 0.336. The standard InChI is InChI=1S/C25H25N5O6/c1-34-17-9-7-15(8-10-17)13-35-22-19(12-31)36-21(20(22)32)18-11-26-24-23(27-14-28-30(18)24)29-25(33)16-5-3-2-4-6-16/h2-11,14,19-22,31-32H,12-13H2,1H3,(H,27,28,29,33)/t19-,20+,21+,22-/m1/s1. The lowest BCUT2D eigenvalue weighted by atomic mass is 10.1. The van der Waals surface area contributed by atoms with Crippen LogP contribution in [0.25, 0.3) is 5.65 Å². The number of carbonyl (C=O) groups is 1. The minimum atomic E-state index is -1.10. The average Bonchev–Trinajstić information content (AvgIpc) is 3.49. The number of amides is 1. The van der Waals surface area contributed by atoms with E-state index in [1.54, 1.807) is 31.4 Å². The fourth-order valence-electron chi connectivity index (χ4n) is 4.14. The molecule has 0 saturated carbocycles. The van der Waals surface area contributed by atoms with Gasteiger partial charge in [-0.05, 0) is 29.8 Å². The van der Waals surface area contributed by atoms with E-state index >= 15 is 0 Å². The van der Waals surface area contributed by atoms with E-state index in [-0.39, 0.29) is 30.6 Å². The Morgan fingerprint density at radius 1 is 1.14 bits per heavy atom. The number of hydrogen-bond acceptors (Lipinski definition) is 9. The Labute approximate surface area is 206 Å². The molecule has 0 unspecified atom stereocenters. The fraction of sp³-hybridized carbons (Fsp3) is 0.280. The molecule has 0 spiro atoms. The van der Waals surface area contributed by atoms with Crippen molar-refractivity contribution < 1.29 is 29.2 Å². The first-order valence-corrected chi connectivity index (χ1v) is 11.3. The Kier molecular flexibility index (Phi) is 6.87. The van der Waals surface area contributed by atoms with Gasteiger partial charge in [0.1, 0.15) is 36.5 Å². The topological polar surface area (TPSA) is 140 Å². The van der Waals surface area contributed by atoms with E-state index in [1.165, 1.54) is 17.0 Å². The lowest BCUT2D eigenvalue weighted by Crippen LogP contribution is -2.35. The number of nitrogens with zero attached hydrogens (tertiary/aromatic N) is 4. The monoisotopic (exact) mass is 491 g/mol. The van der Waals surface area contributed by atoms with E-state index in [9.17, 15) is 15.0 Å². The number of anilines is 1. The van der Waals surface area contributed by atoms with Crippen LogP contribution in [0.2, 0.25) is 0 Å². The van der Waals surface area contributed by atoms with Gasteiger partial charge in [-0.15, -0.1) is 0 Å². The summed E-state index contributed by atoms with van der Waals surface area (Å²) in [7, 11) is 1.59. The van der Waals surface area contributed by atoms with Gasteiger partial charge in [-0.25, -0.2) is 14.5 Å². The highest BCUT2D eigenvalue weighted by atomic mass is 16.6. The number of aliphatic hydroxyl groups is 2. The van der Waals surface area contributed by atoms with Crippen LogP contribution in [0.15, 0.2) is 67.1 Å². The van der Waals surface area contributed by atoms with Crippen LogP contribution < -0.4 is 10.1 Å². The lowest BCUT2D eigenvalue weighted by Gasteiger charge is -2.20. The Balaban J connectivity index is 1.34. The molecule has 1 amide bonds. The number of methoxy groups -OCH3 is 1. The molecule has 4 aromatic rings. The molecule has 3 N–H and O–H groups in total. The molecule has 1 fully saturated rings. The van der Waals surface area contributed by atoms with Crippen LogP contribution in [-0.4, -0.2) is 67.7 Å². The zero-order valence-electron chi connectivity index (χ0n) is 19.4. The maximum absolute atomic E-state index is 12.6. The predicted molar refractivity (Wildman–Crippen MR) is 127 cm³/mol. The van der Waals surface area contributed by atoms with Crippen LogP contribution >= 0.6 is 0 Å². The second kappa shape index (κ2) is 10.4. The molecule has 5 rings (SSSR count). The molecule has 3 heterocycles. The van der Waals surface area contributed by atoms with Gasteiger partial charge >= 0.3 is 0 Å². The van der Waals surface area contributed by atoms with Gasteiger partial charge < -0.3 is 29.7 Å². The third kappa shape index (κ3) is 4.64. The molecule has 1 aliphatic heterocycles. The molecule has 186 valence electrons. The molecule has 0 aliphatic carbocycles. The number of ether oxygens (including phenoxy) is 3. The predicted octanol–water partition coefficient (Wildman–Crippen LogP) is 1.76. The highest BCUT2D eigenvalue weighted by molar-refractivity contribution is 6.05. The van der Waals surface area contributed by atoms with Crippen LogP contribution in [0.5, 0.6) is 5.75 Å². The number of imidazole rings is 1. The number of nitrogens with one attached hydrogen (secondary N) is 1. The number of carbonyl (C=O) groups excluding carboxylic acids is 1. The van der Waals surface area contributed by atoms with E-state index in [2.05, 4.69) is 20.4 Å². The summed E-state index contributed by atoms with van der Waals surface area (Å²) in [6, 6.07) is 16.1. The van der Waals surface area contributed by atoms with Gasteiger partial charge in [0.25, 0.3) is 5.91 Å². The Hall–Kier alpha value is -3.90. The van der Waals surface area contributed by atoms with Crippen molar-refractivity contribution in [3.63, 3.8) is 0 Å². The van der Waals surface area contributed by atoms with Crippen molar-refractivity contribution in [1.82, 2.24) is 19.6 Å². The number of fused-ring (bicyclic) bond motifs is 1. The molecule has 2 aromatic heterocycles. The van der Waals surface area contributed by atoms with Gasteiger partial charge in [0.2, 0.25) is 0 Å². The molecule has 11 heteroatoms. The normalized spacial score (nSPS) is 21.5. The first-order valence-electron chi connectivity index (χ1n) is 11.3. The van der Waals surface area contributed by atoms with Crippen molar-refractivity contribution >= 4 is 17.4 Å². The zero-order valence-corrected chi connectivity index (χ0v) is 19.4. The van der Waals surface area contributed by atoms with Crippen LogP contribution in [0.3, 0.4) is 0 Å². The third-order valence-corrected chi connectivity index (χ3v) is 6.01. The van der Waals surface area contributed by atoms with Crippen molar-refractivity contribution in [3.8, 4) is 5.75 Å². The first kappa shape index (κ1) is 23.8. The highest BCUT2D eigenvalue weighted by Crippen LogP contribution is 2.36. The van der Waals surface area contributed by atoms with E-state index in [0.717, 1.165) is 11.3 Å². The number of aromatic nitrogens is 4. The molecule has 11 nitrogen and oxygen atoms in total. The number of aliphatic hydroxyl groups excluding tert-OH is 2. The molecule has 0 bridgehead atoms. The maximum atomic E-state index is 12.6. The molecule has 2 aromatic carbocycles. The van der Waals surface area contributed by atoms with Crippen molar-refractivity contribution in [1.29, 1.82) is 0 Å². The second-order valence-electron chi connectivity index (χ2n) is 8.24. The van der Waals surface area contributed by atoms with Crippen LogP contribution in [-0.2, 0) is 16.1 Å². The van der Waals surface area contributed by atoms with Crippen LogP contribution in [0.1, 0.15) is 27.7 Å². The Morgan fingerprint density at radius 2 is 1.92 bits per heavy atom. The Bertz CT molecular complexity index is 1330. The van der Waals surface area contributed by atoms with Crippen molar-refractivity contribution in [2.24, 2.45) is 0 Å². The SMILES string of the molecule is COc1ccc(CO[C@H]2[C@@H](O)[C@H](c3cnc4c(NC(=O)c5ccccc5)ncnn34)O[C@@H]2CO)cc1. The van der Waals surface area contributed by atoms with Crippen molar-refractivity contribution in [3.05, 3.63) is 83.9 Å². The minimum Gasteiger partial charge on any atom is -0.497 e. The van der Waals surface area contributed by atoms with E-state index in [1.807, 2.05) is 30.3 Å². The summed E-state index contributed by atoms with van der Waals surface area (Å²) in [6.45, 7) is -0.131. The number of benzene rings is 2. The summed E-state index contributed by atoms with van der Waals surface area (Å²) in [6.07, 6.45) is -0.736. The van der Waals surface area contributed by atoms with Gasteiger partial charge in [-0.2, -0.15) is 5.10 Å². The van der Waals surface area contributed by atoms with E-state index in [0.29, 0.717) is 11.3 Å².